The SMILES string of the molecule is O=C(O)CCCCNC(=O)c1ccccc1OC(F)(F)F. The van der Waals surface area contributed by atoms with Gasteiger partial charge in [0.1, 0.15) is 5.75 Å². The first kappa shape index (κ1) is 16.8. The smallest absolute Gasteiger partial charge is 0.481 e. The van der Waals surface area contributed by atoms with Crippen molar-refractivity contribution < 1.29 is 32.6 Å². The second kappa shape index (κ2) is 7.51. The van der Waals surface area contributed by atoms with Crippen LogP contribution < -0.4 is 10.1 Å². The van der Waals surface area contributed by atoms with Crippen molar-refractivity contribution in [2.75, 3.05) is 6.54 Å². The first-order valence-electron chi connectivity index (χ1n) is 6.14. The zero-order valence-corrected chi connectivity index (χ0v) is 10.9. The van der Waals surface area contributed by atoms with Gasteiger partial charge in [-0.05, 0) is 25.0 Å². The number of nitrogens with one attached hydrogen (secondary N) is 1. The van der Waals surface area contributed by atoms with E-state index in [9.17, 15) is 22.8 Å². The van der Waals surface area contributed by atoms with E-state index in [4.69, 9.17) is 5.11 Å². The number of alkyl halides is 3. The summed E-state index contributed by atoms with van der Waals surface area (Å²) >= 11 is 0. The van der Waals surface area contributed by atoms with Crippen LogP contribution in [0.1, 0.15) is 29.6 Å². The number of benzene rings is 1. The molecule has 0 aliphatic carbocycles. The second-order valence-electron chi connectivity index (χ2n) is 4.15. The number of aliphatic carboxylic acids is 1. The predicted molar refractivity (Wildman–Crippen MR) is 66.9 cm³/mol. The first-order chi connectivity index (χ1) is 9.79. The lowest BCUT2D eigenvalue weighted by Crippen LogP contribution is -2.26. The van der Waals surface area contributed by atoms with Gasteiger partial charge in [-0.1, -0.05) is 12.1 Å². The van der Waals surface area contributed by atoms with Crippen LogP contribution >= 0.6 is 0 Å². The quantitative estimate of drug-likeness (QED) is 0.759. The minimum absolute atomic E-state index is 0.0242. The van der Waals surface area contributed by atoms with Gasteiger partial charge in [-0.15, -0.1) is 13.2 Å². The number of carbonyl (C=O) groups is 2. The van der Waals surface area contributed by atoms with Crippen LogP contribution in [0.25, 0.3) is 0 Å². The molecule has 1 rings (SSSR count). The van der Waals surface area contributed by atoms with Crippen LogP contribution in [0.15, 0.2) is 24.3 Å². The standard InChI is InChI=1S/C13H14F3NO4/c14-13(15,16)21-10-6-2-1-5-9(10)12(20)17-8-4-3-7-11(18)19/h1-2,5-6H,3-4,7-8H2,(H,17,20)(H,18,19). The van der Waals surface area contributed by atoms with Gasteiger partial charge in [0.2, 0.25) is 0 Å². The maximum absolute atomic E-state index is 12.2. The Balaban J connectivity index is 2.56. The molecule has 0 aromatic heterocycles. The molecule has 1 amide bonds. The van der Waals surface area contributed by atoms with Crippen LogP contribution in [-0.4, -0.2) is 29.9 Å². The molecule has 21 heavy (non-hydrogen) atoms. The third-order valence-corrected chi connectivity index (χ3v) is 2.46. The van der Waals surface area contributed by atoms with Gasteiger partial charge in [0.05, 0.1) is 5.56 Å². The van der Waals surface area contributed by atoms with Crippen LogP contribution in [0, 0.1) is 0 Å². The molecule has 0 saturated heterocycles. The Morgan fingerprint density at radius 1 is 1.19 bits per heavy atom. The average molecular weight is 305 g/mol. The first-order valence-corrected chi connectivity index (χ1v) is 6.14. The van der Waals surface area contributed by atoms with Gasteiger partial charge in [0.15, 0.2) is 0 Å². The van der Waals surface area contributed by atoms with Crippen LogP contribution in [0.4, 0.5) is 13.2 Å². The highest BCUT2D eigenvalue weighted by Crippen LogP contribution is 2.26. The molecule has 0 radical (unpaired) electrons. The third-order valence-electron chi connectivity index (χ3n) is 2.46. The molecule has 116 valence electrons. The fourth-order valence-electron chi connectivity index (χ4n) is 1.57. The molecule has 0 saturated carbocycles. The Kier molecular flexibility index (Phi) is 6.01. The number of carboxylic acids is 1. The fraction of sp³-hybridized carbons (Fsp3) is 0.385. The molecule has 0 spiro atoms. The summed E-state index contributed by atoms with van der Waals surface area (Å²) in [6.45, 7) is 0.173. The van der Waals surface area contributed by atoms with Gasteiger partial charge >= 0.3 is 12.3 Å². The van der Waals surface area contributed by atoms with E-state index in [-0.39, 0.29) is 18.5 Å². The summed E-state index contributed by atoms with van der Waals surface area (Å²) in [4.78, 5) is 22.1. The molecular weight excluding hydrogens is 291 g/mol. The maximum atomic E-state index is 12.2. The summed E-state index contributed by atoms with van der Waals surface area (Å²) in [5.41, 5.74) is -0.229. The van der Waals surface area contributed by atoms with E-state index in [0.717, 1.165) is 6.07 Å². The summed E-state index contributed by atoms with van der Waals surface area (Å²) in [5, 5.41) is 10.9. The molecule has 0 aliphatic rings. The topological polar surface area (TPSA) is 75.6 Å². The summed E-state index contributed by atoms with van der Waals surface area (Å²) in [6.07, 6.45) is -4.11. The molecular formula is C13H14F3NO4. The highest BCUT2D eigenvalue weighted by Gasteiger charge is 2.32. The van der Waals surface area contributed by atoms with Crippen LogP contribution in [-0.2, 0) is 4.79 Å². The predicted octanol–water partition coefficient (Wildman–Crippen LogP) is 2.57. The van der Waals surface area contributed by atoms with Gasteiger partial charge in [-0.25, -0.2) is 0 Å². The van der Waals surface area contributed by atoms with Gasteiger partial charge < -0.3 is 15.2 Å². The normalized spacial score (nSPS) is 11.0. The van der Waals surface area contributed by atoms with Crippen molar-refractivity contribution in [3.8, 4) is 5.75 Å². The van der Waals surface area contributed by atoms with Gasteiger partial charge in [0.25, 0.3) is 5.91 Å². The van der Waals surface area contributed by atoms with Crippen molar-refractivity contribution >= 4 is 11.9 Å². The Morgan fingerprint density at radius 3 is 2.48 bits per heavy atom. The van der Waals surface area contributed by atoms with Crippen molar-refractivity contribution in [3.05, 3.63) is 29.8 Å². The number of halogens is 3. The molecule has 0 unspecified atom stereocenters. The molecule has 0 fully saturated rings. The molecule has 1 aromatic carbocycles. The van der Waals surface area contributed by atoms with Gasteiger partial charge in [-0.3, -0.25) is 9.59 Å². The summed E-state index contributed by atoms with van der Waals surface area (Å²) in [5.74, 6) is -2.22. The van der Waals surface area contributed by atoms with E-state index in [0.29, 0.717) is 12.8 Å². The van der Waals surface area contributed by atoms with Gasteiger partial charge in [0, 0.05) is 13.0 Å². The van der Waals surface area contributed by atoms with E-state index < -0.39 is 24.0 Å². The van der Waals surface area contributed by atoms with Crippen molar-refractivity contribution in [1.29, 1.82) is 0 Å². The lowest BCUT2D eigenvalue weighted by molar-refractivity contribution is -0.274. The number of rotatable bonds is 7. The third kappa shape index (κ3) is 6.64. The van der Waals surface area contributed by atoms with E-state index in [1.165, 1.54) is 18.2 Å². The second-order valence-corrected chi connectivity index (χ2v) is 4.15. The largest absolute Gasteiger partial charge is 0.573 e. The summed E-state index contributed by atoms with van der Waals surface area (Å²) < 4.78 is 40.4. The number of unbranched alkanes of at least 4 members (excludes halogenated alkanes) is 1. The minimum atomic E-state index is -4.88. The summed E-state index contributed by atoms with van der Waals surface area (Å²) in [6, 6.07) is 5.01. The van der Waals surface area contributed by atoms with Crippen LogP contribution in [0.2, 0.25) is 0 Å². The minimum Gasteiger partial charge on any atom is -0.481 e. The van der Waals surface area contributed by atoms with Crippen molar-refractivity contribution in [2.24, 2.45) is 0 Å². The lowest BCUT2D eigenvalue weighted by atomic mass is 10.2. The zero-order valence-electron chi connectivity index (χ0n) is 10.9. The number of ether oxygens (including phenoxy) is 1. The number of carboxylic acid groups (broad SMARTS) is 1. The molecule has 0 aliphatic heterocycles. The van der Waals surface area contributed by atoms with Gasteiger partial charge in [-0.2, -0.15) is 0 Å². The summed E-state index contributed by atoms with van der Waals surface area (Å²) in [7, 11) is 0. The Hall–Kier alpha value is -2.25. The number of carbonyl (C=O) groups excluding carboxylic acids is 1. The highest BCUT2D eigenvalue weighted by atomic mass is 19.4. The van der Waals surface area contributed by atoms with E-state index >= 15 is 0 Å². The van der Waals surface area contributed by atoms with Crippen LogP contribution in [0.5, 0.6) is 5.75 Å². The fourth-order valence-corrected chi connectivity index (χ4v) is 1.57. The zero-order chi connectivity index (χ0) is 15.9. The van der Waals surface area contributed by atoms with Crippen molar-refractivity contribution in [2.45, 2.75) is 25.6 Å². The average Bonchev–Trinajstić information content (AvgIpc) is 2.36. The maximum Gasteiger partial charge on any atom is 0.573 e. The Labute approximate surface area is 118 Å². The molecule has 0 heterocycles. The van der Waals surface area contributed by atoms with E-state index in [2.05, 4.69) is 10.1 Å². The molecule has 0 bridgehead atoms. The van der Waals surface area contributed by atoms with E-state index in [1.807, 2.05) is 0 Å². The Bertz CT molecular complexity index is 502. The molecule has 1 aromatic rings. The molecule has 5 nitrogen and oxygen atoms in total. The number of amides is 1. The molecule has 8 heteroatoms. The molecule has 0 atom stereocenters. The van der Waals surface area contributed by atoms with Crippen molar-refractivity contribution in [1.82, 2.24) is 5.32 Å². The number of para-hydroxylation sites is 1. The lowest BCUT2D eigenvalue weighted by Gasteiger charge is -2.13. The van der Waals surface area contributed by atoms with Crippen molar-refractivity contribution in [3.63, 3.8) is 0 Å². The monoisotopic (exact) mass is 305 g/mol. The van der Waals surface area contributed by atoms with Crippen LogP contribution in [0.3, 0.4) is 0 Å². The number of hydrogen-bond acceptors (Lipinski definition) is 3. The highest BCUT2D eigenvalue weighted by molar-refractivity contribution is 5.96. The van der Waals surface area contributed by atoms with E-state index in [1.54, 1.807) is 0 Å². The molecule has 2 N–H and O–H groups in total. The number of hydrogen-bond donors (Lipinski definition) is 2. The Morgan fingerprint density at radius 2 is 1.86 bits per heavy atom.